The van der Waals surface area contributed by atoms with E-state index < -0.39 is 10.8 Å². The number of anilines is 1. The van der Waals surface area contributed by atoms with Crippen LogP contribution in [0.5, 0.6) is 0 Å². The Labute approximate surface area is 283 Å². The molecule has 4 N–H and O–H groups in total. The number of nitrogen functional groups attached to an aromatic ring is 1. The van der Waals surface area contributed by atoms with E-state index in [1.165, 1.54) is 23.9 Å². The number of halogens is 2. The number of unbranched alkanes of at least 4 members (excludes halogenated alkanes) is 3. The first kappa shape index (κ1) is 38.7. The number of thioether (sulfide) groups is 1. The Kier molecular flexibility index (Phi) is 18.7. The number of carbonyl (C=O) groups excluding carboxylic acids is 1. The fraction of sp³-hybridized carbons (Fsp3) is 0.613. The maximum atomic E-state index is 13.4. The van der Waals surface area contributed by atoms with Gasteiger partial charge in [0.05, 0.1) is 71.3 Å². The molecular formula is C31H46ClFN6O7S. The van der Waals surface area contributed by atoms with Gasteiger partial charge in [0.15, 0.2) is 16.3 Å². The van der Waals surface area contributed by atoms with E-state index in [2.05, 4.69) is 20.3 Å². The van der Waals surface area contributed by atoms with Gasteiger partial charge in [0, 0.05) is 19.0 Å². The molecule has 0 bridgehead atoms. The summed E-state index contributed by atoms with van der Waals surface area (Å²) in [6.45, 7) is 7.21. The lowest BCUT2D eigenvalue weighted by atomic mass is 10.2. The number of hydrogen-bond acceptors (Lipinski definition) is 11. The molecule has 1 amide bonds. The Morgan fingerprint density at radius 1 is 0.915 bits per heavy atom. The first-order chi connectivity index (χ1) is 22.9. The van der Waals surface area contributed by atoms with Gasteiger partial charge in [-0.15, -0.1) is 11.6 Å². The summed E-state index contributed by atoms with van der Waals surface area (Å²) < 4.78 is 42.6. The zero-order valence-electron chi connectivity index (χ0n) is 26.8. The van der Waals surface area contributed by atoms with Crippen LogP contribution < -0.4 is 16.6 Å². The van der Waals surface area contributed by atoms with Gasteiger partial charge < -0.3 is 34.7 Å². The second kappa shape index (κ2) is 22.7. The molecule has 0 aliphatic rings. The summed E-state index contributed by atoms with van der Waals surface area (Å²) in [5.74, 6) is 0.0870. The number of nitrogens with one attached hydrogen (secondary N) is 2. The summed E-state index contributed by atoms with van der Waals surface area (Å²) in [7, 11) is 0. The minimum absolute atomic E-state index is 0.0531. The normalized spacial score (nSPS) is 12.1. The Balaban J connectivity index is 1.23. The van der Waals surface area contributed by atoms with E-state index in [1.54, 1.807) is 23.6 Å². The van der Waals surface area contributed by atoms with E-state index in [0.717, 1.165) is 43.7 Å². The number of rotatable bonds is 26. The Hall–Kier alpha value is -2.79. The summed E-state index contributed by atoms with van der Waals surface area (Å²) >= 11 is 6.83. The third-order valence-corrected chi connectivity index (χ3v) is 8.06. The van der Waals surface area contributed by atoms with E-state index in [9.17, 15) is 14.0 Å². The predicted molar refractivity (Wildman–Crippen MR) is 180 cm³/mol. The highest BCUT2D eigenvalue weighted by Gasteiger charge is 2.22. The number of ether oxygens (including phenoxy) is 5. The van der Waals surface area contributed by atoms with Crippen molar-refractivity contribution in [3.63, 3.8) is 0 Å². The number of alkyl halides is 1. The highest BCUT2D eigenvalue weighted by Crippen LogP contribution is 2.26. The van der Waals surface area contributed by atoms with Crippen LogP contribution >= 0.6 is 23.4 Å². The molecule has 0 saturated heterocycles. The van der Waals surface area contributed by atoms with Crippen molar-refractivity contribution in [1.82, 2.24) is 24.8 Å². The molecular weight excluding hydrogens is 655 g/mol. The summed E-state index contributed by atoms with van der Waals surface area (Å²) in [4.78, 5) is 36.3. The minimum Gasteiger partial charge on any atom is -0.379 e. The number of benzene rings is 1. The SMILES string of the molecule is CC(Sc1nc2c(=O)[nH]c(N)nc2n1Cc1ccc(F)cc1)C(=O)NCCOCCOCCOCCOCCOCCCCCCCl. The Bertz CT molecular complexity index is 1380. The molecule has 2 aromatic heterocycles. The number of hydrogen-bond donors (Lipinski definition) is 3. The zero-order valence-corrected chi connectivity index (χ0v) is 28.4. The van der Waals surface area contributed by atoms with Crippen molar-refractivity contribution in [3.05, 3.63) is 46.0 Å². The molecule has 0 aliphatic heterocycles. The average Bonchev–Trinajstić information content (AvgIpc) is 3.39. The number of nitrogens with zero attached hydrogens (tertiary/aromatic N) is 3. The highest BCUT2D eigenvalue weighted by molar-refractivity contribution is 8.00. The molecule has 2 heterocycles. The van der Waals surface area contributed by atoms with Crippen molar-refractivity contribution in [1.29, 1.82) is 0 Å². The first-order valence-corrected chi connectivity index (χ1v) is 17.2. The van der Waals surface area contributed by atoms with Crippen molar-refractivity contribution < 1.29 is 32.9 Å². The predicted octanol–water partition coefficient (Wildman–Crippen LogP) is 3.37. The standard InChI is InChI=1S/C31H46ClFN6O7S/c1-23(47-31-36-26-27(37-30(34)38-29(26)41)39(31)22-24-6-8-25(33)9-7-24)28(40)35-11-13-43-15-17-45-19-21-46-20-18-44-16-14-42-12-5-3-2-4-10-32/h6-9,23H,2-5,10-22H2,1H3,(H,35,40)(H3,34,37,38,41). The Morgan fingerprint density at radius 3 is 2.11 bits per heavy atom. The maximum Gasteiger partial charge on any atom is 0.280 e. The van der Waals surface area contributed by atoms with Crippen molar-refractivity contribution in [2.75, 3.05) is 84.2 Å². The van der Waals surface area contributed by atoms with E-state index in [4.69, 9.17) is 41.0 Å². The number of imidazole rings is 1. The van der Waals surface area contributed by atoms with Gasteiger partial charge in [-0.05, 0) is 37.5 Å². The Morgan fingerprint density at radius 2 is 1.49 bits per heavy atom. The third kappa shape index (κ3) is 14.9. The molecule has 0 saturated carbocycles. The molecule has 262 valence electrons. The summed E-state index contributed by atoms with van der Waals surface area (Å²) in [5, 5.41) is 2.70. The fourth-order valence-corrected chi connectivity index (χ4v) is 5.37. The molecule has 1 aromatic carbocycles. The topological polar surface area (TPSA) is 165 Å². The number of fused-ring (bicyclic) bond motifs is 1. The number of H-pyrrole nitrogens is 1. The maximum absolute atomic E-state index is 13.4. The zero-order chi connectivity index (χ0) is 33.7. The largest absolute Gasteiger partial charge is 0.379 e. The smallest absolute Gasteiger partial charge is 0.280 e. The van der Waals surface area contributed by atoms with Crippen LogP contribution in [0.2, 0.25) is 0 Å². The summed E-state index contributed by atoms with van der Waals surface area (Å²) in [6, 6.07) is 5.96. The van der Waals surface area contributed by atoms with Crippen LogP contribution in [0.1, 0.15) is 38.2 Å². The monoisotopic (exact) mass is 700 g/mol. The molecule has 1 unspecified atom stereocenters. The van der Waals surface area contributed by atoms with Gasteiger partial charge in [0.25, 0.3) is 5.56 Å². The van der Waals surface area contributed by atoms with Crippen LogP contribution in [0.25, 0.3) is 11.2 Å². The van der Waals surface area contributed by atoms with Crippen LogP contribution in [0.3, 0.4) is 0 Å². The average molecular weight is 701 g/mol. The molecule has 0 spiro atoms. The number of carbonyl (C=O) groups is 1. The molecule has 3 aromatic rings. The second-order valence-corrected chi connectivity index (χ2v) is 12.1. The van der Waals surface area contributed by atoms with Gasteiger partial charge in [-0.3, -0.25) is 19.1 Å². The van der Waals surface area contributed by atoms with Crippen LogP contribution in [0.15, 0.2) is 34.2 Å². The molecule has 0 fully saturated rings. The van der Waals surface area contributed by atoms with Crippen LogP contribution in [0.4, 0.5) is 10.3 Å². The number of nitrogens with two attached hydrogens (primary N) is 1. The van der Waals surface area contributed by atoms with Crippen LogP contribution in [0, 0.1) is 5.82 Å². The molecule has 13 nitrogen and oxygen atoms in total. The van der Waals surface area contributed by atoms with Crippen LogP contribution in [-0.2, 0) is 35.0 Å². The van der Waals surface area contributed by atoms with Gasteiger partial charge in [-0.2, -0.15) is 4.98 Å². The molecule has 0 radical (unpaired) electrons. The van der Waals surface area contributed by atoms with Crippen molar-refractivity contribution in [2.24, 2.45) is 0 Å². The minimum atomic E-state index is -0.543. The van der Waals surface area contributed by atoms with Crippen molar-refractivity contribution >= 4 is 46.4 Å². The van der Waals surface area contributed by atoms with E-state index in [-0.39, 0.29) is 35.4 Å². The van der Waals surface area contributed by atoms with Gasteiger partial charge in [0.2, 0.25) is 11.9 Å². The van der Waals surface area contributed by atoms with Crippen LogP contribution in [-0.4, -0.2) is 109 Å². The van der Waals surface area contributed by atoms with Gasteiger partial charge >= 0.3 is 0 Å². The lowest BCUT2D eigenvalue weighted by Crippen LogP contribution is -2.33. The number of aromatic amines is 1. The van der Waals surface area contributed by atoms with Crippen molar-refractivity contribution in [2.45, 2.75) is 49.6 Å². The third-order valence-electron chi connectivity index (χ3n) is 6.70. The van der Waals surface area contributed by atoms with E-state index in [0.29, 0.717) is 71.2 Å². The second-order valence-electron chi connectivity index (χ2n) is 10.4. The van der Waals surface area contributed by atoms with Gasteiger partial charge in [-0.25, -0.2) is 9.37 Å². The summed E-state index contributed by atoms with van der Waals surface area (Å²) in [6.07, 6.45) is 4.41. The number of aromatic nitrogens is 4. The lowest BCUT2D eigenvalue weighted by molar-refractivity contribution is -0.120. The molecule has 16 heteroatoms. The molecule has 1 atom stereocenters. The van der Waals surface area contributed by atoms with E-state index >= 15 is 0 Å². The lowest BCUT2D eigenvalue weighted by Gasteiger charge is -2.14. The molecule has 0 aliphatic carbocycles. The van der Waals surface area contributed by atoms with Crippen molar-refractivity contribution in [3.8, 4) is 0 Å². The van der Waals surface area contributed by atoms with E-state index in [1.807, 2.05) is 0 Å². The molecule has 3 rings (SSSR count). The van der Waals surface area contributed by atoms with Gasteiger partial charge in [0.1, 0.15) is 5.82 Å². The molecule has 47 heavy (non-hydrogen) atoms. The van der Waals surface area contributed by atoms with Gasteiger partial charge in [-0.1, -0.05) is 36.7 Å². The quantitative estimate of drug-likeness (QED) is 0.0639. The summed E-state index contributed by atoms with van der Waals surface area (Å²) in [5.41, 5.74) is 6.43. The first-order valence-electron chi connectivity index (χ1n) is 15.8. The number of amides is 1. The highest BCUT2D eigenvalue weighted by atomic mass is 35.5. The fourth-order valence-electron chi connectivity index (χ4n) is 4.25.